The predicted molar refractivity (Wildman–Crippen MR) is 134 cm³/mol. The number of piperazine rings is 1. The Morgan fingerprint density at radius 1 is 0.912 bits per heavy atom. The van der Waals surface area contributed by atoms with Gasteiger partial charge in [0, 0.05) is 50.9 Å². The lowest BCUT2D eigenvalue weighted by Crippen LogP contribution is -2.49. The van der Waals surface area contributed by atoms with Crippen LogP contribution in [-0.4, -0.2) is 53.3 Å². The van der Waals surface area contributed by atoms with E-state index in [-0.39, 0.29) is 25.1 Å². The third kappa shape index (κ3) is 3.62. The maximum absolute atomic E-state index is 14.0. The number of benzene rings is 2. The normalized spacial score (nSPS) is 14.9. The minimum atomic E-state index is 0. The van der Waals surface area contributed by atoms with Gasteiger partial charge in [-0.2, -0.15) is 0 Å². The number of hydrogen-bond donors (Lipinski definition) is 0. The fourth-order valence-electron chi connectivity index (χ4n) is 4.81. The van der Waals surface area contributed by atoms with Crippen LogP contribution < -0.4 is 14.4 Å². The molecule has 0 radical (unpaired) electrons. The van der Waals surface area contributed by atoms with E-state index in [1.54, 1.807) is 6.20 Å². The SMILES string of the molecule is Cl.Cn1c(-c2ccccc2)c(C(=O)N2CCN(c3ccccn3)CC2)c2cc3c(cc21)OCO3. The highest BCUT2D eigenvalue weighted by Crippen LogP contribution is 2.41. The van der Waals surface area contributed by atoms with Crippen molar-refractivity contribution in [3.8, 4) is 22.8 Å². The molecule has 1 saturated heterocycles. The van der Waals surface area contributed by atoms with Gasteiger partial charge in [0.25, 0.3) is 5.91 Å². The molecule has 8 heteroatoms. The topological polar surface area (TPSA) is 59.8 Å². The monoisotopic (exact) mass is 476 g/mol. The molecule has 4 aromatic rings. The van der Waals surface area contributed by atoms with Crippen molar-refractivity contribution in [1.29, 1.82) is 0 Å². The van der Waals surface area contributed by atoms with Crippen LogP contribution in [0.15, 0.2) is 66.9 Å². The number of anilines is 1. The van der Waals surface area contributed by atoms with Crippen LogP contribution in [0.25, 0.3) is 22.2 Å². The molecule has 0 unspecified atom stereocenters. The molecule has 0 spiro atoms. The van der Waals surface area contributed by atoms with Gasteiger partial charge in [0.15, 0.2) is 11.5 Å². The first kappa shape index (κ1) is 22.1. The van der Waals surface area contributed by atoms with Crippen molar-refractivity contribution >= 4 is 35.0 Å². The lowest BCUT2D eigenvalue weighted by Gasteiger charge is -2.35. The molecule has 1 fully saturated rings. The van der Waals surface area contributed by atoms with Crippen LogP contribution in [0.1, 0.15) is 10.4 Å². The minimum absolute atomic E-state index is 0. The Kier molecular flexibility index (Phi) is 5.79. The number of amides is 1. The Balaban J connectivity index is 0.00000241. The fraction of sp³-hybridized carbons (Fsp3) is 0.231. The Bertz CT molecular complexity index is 1330. The first-order valence-electron chi connectivity index (χ1n) is 11.1. The second-order valence-corrected chi connectivity index (χ2v) is 8.34. The quantitative estimate of drug-likeness (QED) is 0.440. The summed E-state index contributed by atoms with van der Waals surface area (Å²) < 4.78 is 13.3. The predicted octanol–water partition coefficient (Wildman–Crippen LogP) is 4.35. The van der Waals surface area contributed by atoms with Gasteiger partial charge < -0.3 is 23.8 Å². The van der Waals surface area contributed by atoms with E-state index in [2.05, 4.69) is 14.5 Å². The van der Waals surface area contributed by atoms with Gasteiger partial charge in [-0.1, -0.05) is 36.4 Å². The van der Waals surface area contributed by atoms with Crippen molar-refractivity contribution < 1.29 is 14.3 Å². The van der Waals surface area contributed by atoms with Crippen molar-refractivity contribution in [2.45, 2.75) is 0 Å². The van der Waals surface area contributed by atoms with Crippen LogP contribution in [0, 0.1) is 0 Å². The number of hydrogen-bond acceptors (Lipinski definition) is 5. The van der Waals surface area contributed by atoms with Crippen molar-refractivity contribution in [1.82, 2.24) is 14.5 Å². The van der Waals surface area contributed by atoms with Gasteiger partial charge in [-0.3, -0.25) is 4.79 Å². The molecule has 0 aliphatic carbocycles. The first-order chi connectivity index (χ1) is 16.2. The van der Waals surface area contributed by atoms with Crippen LogP contribution in [0.5, 0.6) is 11.5 Å². The molecule has 2 aromatic carbocycles. The van der Waals surface area contributed by atoms with Gasteiger partial charge in [0.2, 0.25) is 6.79 Å². The highest BCUT2D eigenvalue weighted by Gasteiger charge is 2.30. The molecule has 174 valence electrons. The molecular formula is C26H25ClN4O3. The largest absolute Gasteiger partial charge is 0.454 e. The molecule has 34 heavy (non-hydrogen) atoms. The number of fused-ring (bicyclic) bond motifs is 2. The maximum atomic E-state index is 14.0. The van der Waals surface area contributed by atoms with E-state index in [0.717, 1.165) is 41.1 Å². The summed E-state index contributed by atoms with van der Waals surface area (Å²) in [6.45, 7) is 2.99. The summed E-state index contributed by atoms with van der Waals surface area (Å²) >= 11 is 0. The van der Waals surface area contributed by atoms with Crippen molar-refractivity contribution in [2.75, 3.05) is 37.9 Å². The Morgan fingerprint density at radius 3 is 2.32 bits per heavy atom. The number of ether oxygens (including phenoxy) is 2. The van der Waals surface area contributed by atoms with E-state index in [9.17, 15) is 4.79 Å². The minimum Gasteiger partial charge on any atom is -0.454 e. The maximum Gasteiger partial charge on any atom is 0.256 e. The van der Waals surface area contributed by atoms with Crippen molar-refractivity contribution in [3.05, 3.63) is 72.4 Å². The van der Waals surface area contributed by atoms with E-state index in [0.29, 0.717) is 30.2 Å². The van der Waals surface area contributed by atoms with Gasteiger partial charge in [-0.15, -0.1) is 12.4 Å². The van der Waals surface area contributed by atoms with Gasteiger partial charge >= 0.3 is 0 Å². The lowest BCUT2D eigenvalue weighted by atomic mass is 10.0. The Hall–Kier alpha value is -3.71. The van der Waals surface area contributed by atoms with E-state index in [1.807, 2.05) is 72.6 Å². The zero-order valence-corrected chi connectivity index (χ0v) is 19.6. The Labute approximate surface area is 203 Å². The molecular weight excluding hydrogens is 452 g/mol. The van der Waals surface area contributed by atoms with Gasteiger partial charge in [0.1, 0.15) is 5.82 Å². The number of aromatic nitrogens is 2. The molecule has 2 aromatic heterocycles. The van der Waals surface area contributed by atoms with Crippen LogP contribution >= 0.6 is 12.4 Å². The van der Waals surface area contributed by atoms with E-state index in [1.165, 1.54) is 0 Å². The van der Waals surface area contributed by atoms with Gasteiger partial charge in [-0.05, 0) is 23.8 Å². The zero-order chi connectivity index (χ0) is 22.4. The Morgan fingerprint density at radius 2 is 1.62 bits per heavy atom. The van der Waals surface area contributed by atoms with Crippen molar-refractivity contribution in [2.24, 2.45) is 7.05 Å². The highest BCUT2D eigenvalue weighted by molar-refractivity contribution is 6.13. The smallest absolute Gasteiger partial charge is 0.256 e. The molecule has 2 aliphatic rings. The number of rotatable bonds is 3. The summed E-state index contributed by atoms with van der Waals surface area (Å²) in [5.74, 6) is 2.39. The summed E-state index contributed by atoms with van der Waals surface area (Å²) in [5, 5.41) is 0.887. The number of halogens is 1. The number of aryl methyl sites for hydroxylation is 1. The summed E-state index contributed by atoms with van der Waals surface area (Å²) in [6, 6.07) is 19.9. The van der Waals surface area contributed by atoms with Crippen LogP contribution in [-0.2, 0) is 7.05 Å². The number of carbonyl (C=O) groups excluding carboxylic acids is 1. The molecule has 0 bridgehead atoms. The fourth-order valence-corrected chi connectivity index (χ4v) is 4.81. The molecule has 0 atom stereocenters. The van der Waals surface area contributed by atoms with Gasteiger partial charge in [-0.25, -0.2) is 4.98 Å². The second kappa shape index (κ2) is 8.91. The average molecular weight is 477 g/mol. The number of nitrogens with zero attached hydrogens (tertiary/aromatic N) is 4. The van der Waals surface area contributed by atoms with Crippen LogP contribution in [0.3, 0.4) is 0 Å². The molecule has 6 rings (SSSR count). The number of pyridine rings is 1. The summed E-state index contributed by atoms with van der Waals surface area (Å²) in [6.07, 6.45) is 1.80. The average Bonchev–Trinajstić information content (AvgIpc) is 3.45. The molecule has 0 N–H and O–H groups in total. The van der Waals surface area contributed by atoms with Crippen LogP contribution in [0.2, 0.25) is 0 Å². The third-order valence-corrected chi connectivity index (χ3v) is 6.50. The first-order valence-corrected chi connectivity index (χ1v) is 11.1. The molecule has 1 amide bonds. The van der Waals surface area contributed by atoms with Crippen molar-refractivity contribution in [3.63, 3.8) is 0 Å². The summed E-state index contributed by atoms with van der Waals surface area (Å²) in [5.41, 5.74) is 3.58. The highest BCUT2D eigenvalue weighted by atomic mass is 35.5. The summed E-state index contributed by atoms with van der Waals surface area (Å²) in [4.78, 5) is 22.6. The second-order valence-electron chi connectivity index (χ2n) is 8.34. The molecule has 0 saturated carbocycles. The summed E-state index contributed by atoms with van der Waals surface area (Å²) in [7, 11) is 2.00. The standard InChI is InChI=1S/C26H24N4O3.ClH/c1-28-20-16-22-21(32-17-33-22)15-19(20)24(25(28)18-7-3-2-4-8-18)26(31)30-13-11-29(12-14-30)23-9-5-6-10-27-23;/h2-10,15-16H,11-14,17H2,1H3;1H. The lowest BCUT2D eigenvalue weighted by molar-refractivity contribution is 0.0749. The molecule has 2 aliphatic heterocycles. The molecule has 7 nitrogen and oxygen atoms in total. The van der Waals surface area contributed by atoms with Gasteiger partial charge in [0.05, 0.1) is 16.8 Å². The van der Waals surface area contributed by atoms with Crippen LogP contribution in [0.4, 0.5) is 5.82 Å². The molecule has 4 heterocycles. The third-order valence-electron chi connectivity index (χ3n) is 6.50. The number of carbonyl (C=O) groups is 1. The van der Waals surface area contributed by atoms with E-state index >= 15 is 0 Å². The zero-order valence-electron chi connectivity index (χ0n) is 18.8. The van der Waals surface area contributed by atoms with E-state index in [4.69, 9.17) is 9.47 Å². The van der Waals surface area contributed by atoms with E-state index < -0.39 is 0 Å².